The summed E-state index contributed by atoms with van der Waals surface area (Å²) in [4.78, 5) is 25.4. The number of hydrogen-bond donors (Lipinski definition) is 1. The standard InChI is InChI=1S/C18H26ClN3O5S/c1-3-22(12-17(23)21-9-7-13(8-10-21)18(20)24)28(25,26)14-5-6-16(27-4-2)15(19)11-14/h5-6,11,13H,3-4,7-10,12H2,1-2H3,(H2,20,24). The lowest BCUT2D eigenvalue weighted by molar-refractivity contribution is -0.135. The zero-order valence-electron chi connectivity index (χ0n) is 16.1. The smallest absolute Gasteiger partial charge is 0.243 e. The van der Waals surface area contributed by atoms with E-state index in [0.29, 0.717) is 38.3 Å². The van der Waals surface area contributed by atoms with E-state index in [4.69, 9.17) is 22.1 Å². The van der Waals surface area contributed by atoms with Gasteiger partial charge in [-0.3, -0.25) is 9.59 Å². The van der Waals surface area contributed by atoms with Gasteiger partial charge in [-0.1, -0.05) is 18.5 Å². The average molecular weight is 432 g/mol. The van der Waals surface area contributed by atoms with Crippen molar-refractivity contribution in [2.45, 2.75) is 31.6 Å². The third kappa shape index (κ3) is 5.15. The van der Waals surface area contributed by atoms with Gasteiger partial charge in [0.15, 0.2) is 0 Å². The maximum atomic E-state index is 12.9. The molecule has 8 nitrogen and oxygen atoms in total. The Morgan fingerprint density at radius 3 is 2.43 bits per heavy atom. The van der Waals surface area contributed by atoms with Crippen LogP contribution in [0.25, 0.3) is 0 Å². The Balaban J connectivity index is 2.10. The van der Waals surface area contributed by atoms with E-state index in [1.165, 1.54) is 18.2 Å². The third-order valence-corrected chi connectivity index (χ3v) is 6.97. The van der Waals surface area contributed by atoms with Gasteiger partial charge in [-0.2, -0.15) is 4.31 Å². The first-order valence-corrected chi connectivity index (χ1v) is 11.0. The maximum Gasteiger partial charge on any atom is 0.243 e. The van der Waals surface area contributed by atoms with E-state index in [9.17, 15) is 18.0 Å². The topological polar surface area (TPSA) is 110 Å². The first-order chi connectivity index (χ1) is 13.2. The van der Waals surface area contributed by atoms with Gasteiger partial charge in [-0.15, -0.1) is 0 Å². The number of likely N-dealkylation sites (tertiary alicyclic amines) is 1. The van der Waals surface area contributed by atoms with E-state index < -0.39 is 10.0 Å². The van der Waals surface area contributed by atoms with Crippen molar-refractivity contribution < 1.29 is 22.7 Å². The molecule has 0 spiro atoms. The van der Waals surface area contributed by atoms with Gasteiger partial charge in [-0.25, -0.2) is 8.42 Å². The highest BCUT2D eigenvalue weighted by molar-refractivity contribution is 7.89. The lowest BCUT2D eigenvalue weighted by atomic mass is 9.96. The third-order valence-electron chi connectivity index (χ3n) is 4.76. The molecule has 0 atom stereocenters. The van der Waals surface area contributed by atoms with E-state index in [1.54, 1.807) is 18.7 Å². The minimum atomic E-state index is -3.89. The number of carbonyl (C=O) groups excluding carboxylic acids is 2. The Kier molecular flexibility index (Phi) is 7.68. The van der Waals surface area contributed by atoms with Gasteiger partial charge < -0.3 is 15.4 Å². The first kappa shape index (κ1) is 22.4. The maximum absolute atomic E-state index is 12.9. The summed E-state index contributed by atoms with van der Waals surface area (Å²) in [7, 11) is -3.89. The molecule has 0 saturated carbocycles. The summed E-state index contributed by atoms with van der Waals surface area (Å²) in [5.74, 6) is -0.497. The van der Waals surface area contributed by atoms with E-state index >= 15 is 0 Å². The Morgan fingerprint density at radius 1 is 1.29 bits per heavy atom. The predicted octanol–water partition coefficient (Wildman–Crippen LogP) is 1.47. The van der Waals surface area contributed by atoms with Crippen molar-refractivity contribution in [3.05, 3.63) is 23.2 Å². The van der Waals surface area contributed by atoms with Crippen molar-refractivity contribution >= 4 is 33.4 Å². The molecule has 1 saturated heterocycles. The molecular weight excluding hydrogens is 406 g/mol. The van der Waals surface area contributed by atoms with Crippen LogP contribution in [0.15, 0.2) is 23.1 Å². The second-order valence-corrected chi connectivity index (χ2v) is 8.86. The molecule has 2 rings (SSSR count). The summed E-state index contributed by atoms with van der Waals surface area (Å²) in [6, 6.07) is 4.24. The van der Waals surface area contributed by atoms with E-state index in [0.717, 1.165) is 4.31 Å². The second kappa shape index (κ2) is 9.58. The highest BCUT2D eigenvalue weighted by Gasteiger charge is 2.30. The number of piperidine rings is 1. The Morgan fingerprint density at radius 2 is 1.93 bits per heavy atom. The minimum Gasteiger partial charge on any atom is -0.492 e. The van der Waals surface area contributed by atoms with Crippen LogP contribution < -0.4 is 10.5 Å². The lowest BCUT2D eigenvalue weighted by Gasteiger charge is -2.32. The van der Waals surface area contributed by atoms with Crippen LogP contribution in [0.1, 0.15) is 26.7 Å². The van der Waals surface area contributed by atoms with Gasteiger partial charge in [0.05, 0.1) is 23.1 Å². The van der Waals surface area contributed by atoms with Crippen LogP contribution in [-0.4, -0.2) is 62.2 Å². The normalized spacial score (nSPS) is 15.6. The molecule has 0 radical (unpaired) electrons. The first-order valence-electron chi connectivity index (χ1n) is 9.20. The number of hydrogen-bond acceptors (Lipinski definition) is 5. The summed E-state index contributed by atoms with van der Waals surface area (Å²) in [6.45, 7) is 4.52. The second-order valence-electron chi connectivity index (χ2n) is 6.51. The SMILES string of the molecule is CCOc1ccc(S(=O)(=O)N(CC)CC(=O)N2CCC(C(N)=O)CC2)cc1Cl. The molecular formula is C18H26ClN3O5S. The van der Waals surface area contributed by atoms with Crippen molar-refractivity contribution in [2.75, 3.05) is 32.8 Å². The van der Waals surface area contributed by atoms with Gasteiger partial charge in [0.1, 0.15) is 5.75 Å². The number of carbonyl (C=O) groups is 2. The Labute approximate surface area is 170 Å². The average Bonchev–Trinajstić information content (AvgIpc) is 2.67. The number of primary amides is 1. The molecule has 1 aliphatic heterocycles. The number of sulfonamides is 1. The number of benzene rings is 1. The van der Waals surface area contributed by atoms with Crippen molar-refractivity contribution in [2.24, 2.45) is 11.7 Å². The quantitative estimate of drug-likeness (QED) is 0.670. The monoisotopic (exact) mass is 431 g/mol. The fourth-order valence-electron chi connectivity index (χ4n) is 3.09. The molecule has 1 heterocycles. The van der Waals surface area contributed by atoms with Crippen molar-refractivity contribution in [3.8, 4) is 5.75 Å². The predicted molar refractivity (Wildman–Crippen MR) is 106 cm³/mol. The summed E-state index contributed by atoms with van der Waals surface area (Å²) in [5.41, 5.74) is 5.30. The van der Waals surface area contributed by atoms with Gasteiger partial charge in [0.2, 0.25) is 21.8 Å². The molecule has 0 aromatic heterocycles. The van der Waals surface area contributed by atoms with Gasteiger partial charge in [0, 0.05) is 25.6 Å². The van der Waals surface area contributed by atoms with Gasteiger partial charge in [-0.05, 0) is 38.0 Å². The molecule has 2 amide bonds. The Hall–Kier alpha value is -1.84. The number of rotatable bonds is 8. The van der Waals surface area contributed by atoms with Crippen LogP contribution in [0.5, 0.6) is 5.75 Å². The highest BCUT2D eigenvalue weighted by Crippen LogP contribution is 2.29. The fourth-order valence-corrected chi connectivity index (χ4v) is 4.82. The van der Waals surface area contributed by atoms with Gasteiger partial charge in [0.25, 0.3) is 0 Å². The summed E-state index contributed by atoms with van der Waals surface area (Å²) in [6.07, 6.45) is 0.989. The number of halogens is 1. The zero-order chi connectivity index (χ0) is 20.9. The molecule has 156 valence electrons. The number of nitrogens with two attached hydrogens (primary N) is 1. The molecule has 0 unspecified atom stereocenters. The fraction of sp³-hybridized carbons (Fsp3) is 0.556. The number of nitrogens with zero attached hydrogens (tertiary/aromatic N) is 2. The highest BCUT2D eigenvalue weighted by atomic mass is 35.5. The van der Waals surface area contributed by atoms with Crippen molar-refractivity contribution in [1.29, 1.82) is 0 Å². The number of likely N-dealkylation sites (N-methyl/N-ethyl adjacent to an activating group) is 1. The summed E-state index contributed by atoms with van der Waals surface area (Å²) < 4.78 is 32.3. The number of ether oxygens (including phenoxy) is 1. The molecule has 1 aromatic carbocycles. The molecule has 28 heavy (non-hydrogen) atoms. The van der Waals surface area contributed by atoms with Crippen LogP contribution in [0.2, 0.25) is 5.02 Å². The lowest BCUT2D eigenvalue weighted by Crippen LogP contribution is -2.47. The largest absolute Gasteiger partial charge is 0.492 e. The number of amides is 2. The molecule has 0 aliphatic carbocycles. The molecule has 10 heteroatoms. The van der Waals surface area contributed by atoms with Crippen LogP contribution in [0.4, 0.5) is 0 Å². The molecule has 0 bridgehead atoms. The molecule has 2 N–H and O–H groups in total. The zero-order valence-corrected chi connectivity index (χ0v) is 17.6. The van der Waals surface area contributed by atoms with Crippen LogP contribution >= 0.6 is 11.6 Å². The van der Waals surface area contributed by atoms with Crippen LogP contribution in [-0.2, 0) is 19.6 Å². The van der Waals surface area contributed by atoms with E-state index in [2.05, 4.69) is 0 Å². The van der Waals surface area contributed by atoms with Crippen LogP contribution in [0.3, 0.4) is 0 Å². The summed E-state index contributed by atoms with van der Waals surface area (Å²) >= 11 is 6.11. The van der Waals surface area contributed by atoms with Gasteiger partial charge >= 0.3 is 0 Å². The Bertz CT molecular complexity index is 823. The molecule has 1 fully saturated rings. The van der Waals surface area contributed by atoms with Crippen molar-refractivity contribution in [1.82, 2.24) is 9.21 Å². The molecule has 1 aliphatic rings. The van der Waals surface area contributed by atoms with Crippen molar-refractivity contribution in [3.63, 3.8) is 0 Å². The van der Waals surface area contributed by atoms with E-state index in [-0.39, 0.29) is 40.7 Å². The minimum absolute atomic E-state index is 0.00281. The van der Waals surface area contributed by atoms with E-state index in [1.807, 2.05) is 0 Å². The molecule has 1 aromatic rings. The summed E-state index contributed by atoms with van der Waals surface area (Å²) in [5, 5.41) is 0.193. The van der Waals surface area contributed by atoms with Crippen LogP contribution in [0, 0.1) is 5.92 Å².